The van der Waals surface area contributed by atoms with E-state index < -0.39 is 15.9 Å². The van der Waals surface area contributed by atoms with Crippen LogP contribution < -0.4 is 9.62 Å². The molecule has 4 aromatic rings. The van der Waals surface area contributed by atoms with Crippen LogP contribution >= 0.6 is 11.8 Å². The zero-order valence-electron chi connectivity index (χ0n) is 18.4. The number of amides is 1. The third-order valence-corrected chi connectivity index (χ3v) is 7.92. The van der Waals surface area contributed by atoms with Crippen LogP contribution in [0.15, 0.2) is 125 Å². The lowest BCUT2D eigenvalue weighted by Gasteiger charge is -2.24. The topological polar surface area (TPSA) is 66.5 Å². The lowest BCUT2D eigenvalue weighted by atomic mass is 10.2. The molecule has 7 heteroatoms. The summed E-state index contributed by atoms with van der Waals surface area (Å²) in [5, 5.41) is 2.81. The number of hydrogen-bond acceptors (Lipinski definition) is 4. The first-order valence-electron chi connectivity index (χ1n) is 10.7. The number of rotatable bonds is 9. The molecule has 0 saturated heterocycles. The maximum absolute atomic E-state index is 13.3. The van der Waals surface area contributed by atoms with Gasteiger partial charge in [-0.15, -0.1) is 11.8 Å². The number of sulfonamides is 1. The predicted octanol–water partition coefficient (Wildman–Crippen LogP) is 5.81. The van der Waals surface area contributed by atoms with Gasteiger partial charge in [-0.1, -0.05) is 66.7 Å². The molecule has 0 aliphatic carbocycles. The van der Waals surface area contributed by atoms with Crippen molar-refractivity contribution in [1.82, 2.24) is 0 Å². The number of anilines is 2. The van der Waals surface area contributed by atoms with E-state index in [4.69, 9.17) is 0 Å². The van der Waals surface area contributed by atoms with Gasteiger partial charge in [0.15, 0.2) is 0 Å². The number of carbonyl (C=O) groups excluding carboxylic acids is 1. The van der Waals surface area contributed by atoms with E-state index in [-0.39, 0.29) is 11.4 Å². The minimum atomic E-state index is -3.91. The molecule has 0 unspecified atom stereocenters. The maximum atomic E-state index is 13.3. The maximum Gasteiger partial charge on any atom is 0.264 e. The Kier molecular flexibility index (Phi) is 7.67. The minimum Gasteiger partial charge on any atom is -0.325 e. The third kappa shape index (κ3) is 6.07. The van der Waals surface area contributed by atoms with Gasteiger partial charge in [0.1, 0.15) is 6.54 Å². The van der Waals surface area contributed by atoms with E-state index >= 15 is 0 Å². The molecule has 0 spiro atoms. The van der Waals surface area contributed by atoms with Crippen LogP contribution in [0.2, 0.25) is 0 Å². The Morgan fingerprint density at radius 1 is 0.735 bits per heavy atom. The summed E-state index contributed by atoms with van der Waals surface area (Å²) in [4.78, 5) is 14.2. The molecule has 0 saturated carbocycles. The Hall–Kier alpha value is -3.55. The predicted molar refractivity (Wildman–Crippen MR) is 138 cm³/mol. The molecule has 34 heavy (non-hydrogen) atoms. The highest BCUT2D eigenvalue weighted by molar-refractivity contribution is 7.98. The van der Waals surface area contributed by atoms with Crippen LogP contribution in [0.3, 0.4) is 0 Å². The van der Waals surface area contributed by atoms with Crippen molar-refractivity contribution in [2.24, 2.45) is 0 Å². The summed E-state index contributed by atoms with van der Waals surface area (Å²) in [6.07, 6.45) is 0. The van der Waals surface area contributed by atoms with Crippen molar-refractivity contribution in [2.75, 3.05) is 16.2 Å². The first-order valence-corrected chi connectivity index (χ1v) is 13.1. The Morgan fingerprint density at radius 2 is 1.29 bits per heavy atom. The zero-order valence-corrected chi connectivity index (χ0v) is 20.0. The van der Waals surface area contributed by atoms with E-state index in [0.717, 1.165) is 15.6 Å². The fourth-order valence-corrected chi connectivity index (χ4v) is 5.65. The second-order valence-electron chi connectivity index (χ2n) is 7.51. The normalized spacial score (nSPS) is 11.1. The van der Waals surface area contributed by atoms with Crippen LogP contribution in [0.25, 0.3) is 0 Å². The second kappa shape index (κ2) is 11.0. The second-order valence-corrected chi connectivity index (χ2v) is 10.4. The molecule has 1 N–H and O–H groups in total. The highest BCUT2D eigenvalue weighted by atomic mass is 32.2. The summed E-state index contributed by atoms with van der Waals surface area (Å²) in [6.45, 7) is -0.340. The number of benzene rings is 4. The first kappa shape index (κ1) is 23.6. The third-order valence-electron chi connectivity index (χ3n) is 5.05. The van der Waals surface area contributed by atoms with Gasteiger partial charge in [-0.05, 0) is 54.1 Å². The molecule has 0 fully saturated rings. The van der Waals surface area contributed by atoms with Crippen LogP contribution in [0.5, 0.6) is 0 Å². The fourth-order valence-electron chi connectivity index (χ4n) is 3.33. The number of thioether (sulfide) groups is 1. The molecule has 4 rings (SSSR count). The van der Waals surface area contributed by atoms with E-state index in [1.807, 2.05) is 42.5 Å². The number of carbonyl (C=O) groups is 1. The molecule has 172 valence electrons. The smallest absolute Gasteiger partial charge is 0.264 e. The van der Waals surface area contributed by atoms with Gasteiger partial charge in [0.25, 0.3) is 10.0 Å². The summed E-state index contributed by atoms with van der Waals surface area (Å²) >= 11 is 1.74. The van der Waals surface area contributed by atoms with Gasteiger partial charge in [0.05, 0.1) is 10.6 Å². The Morgan fingerprint density at radius 3 is 1.91 bits per heavy atom. The molecule has 0 heterocycles. The molecule has 0 aliphatic rings. The molecule has 4 aromatic carbocycles. The van der Waals surface area contributed by atoms with Gasteiger partial charge in [0.2, 0.25) is 5.91 Å². The van der Waals surface area contributed by atoms with Crippen molar-refractivity contribution < 1.29 is 13.2 Å². The summed E-state index contributed by atoms with van der Waals surface area (Å²) in [7, 11) is -3.91. The van der Waals surface area contributed by atoms with Gasteiger partial charge < -0.3 is 5.32 Å². The summed E-state index contributed by atoms with van der Waals surface area (Å²) < 4.78 is 27.7. The average Bonchev–Trinajstić information content (AvgIpc) is 2.88. The highest BCUT2D eigenvalue weighted by Gasteiger charge is 2.27. The Balaban J connectivity index is 1.45. The summed E-state index contributed by atoms with van der Waals surface area (Å²) in [6, 6.07) is 34.5. The quantitative estimate of drug-likeness (QED) is 0.302. The van der Waals surface area contributed by atoms with Crippen LogP contribution in [0, 0.1) is 0 Å². The van der Waals surface area contributed by atoms with Crippen molar-refractivity contribution in [3.63, 3.8) is 0 Å². The van der Waals surface area contributed by atoms with E-state index in [1.165, 1.54) is 17.0 Å². The molecule has 0 radical (unpaired) electrons. The molecule has 0 bridgehead atoms. The van der Waals surface area contributed by atoms with Gasteiger partial charge in [-0.25, -0.2) is 8.42 Å². The highest BCUT2D eigenvalue weighted by Crippen LogP contribution is 2.25. The van der Waals surface area contributed by atoms with E-state index in [0.29, 0.717) is 11.4 Å². The standard InChI is InChI=1S/C27H24N2O3S2/c30-27(28-23-18-16-22(17-19-23)21-33-25-12-6-2-7-13-25)20-29(24-10-4-1-5-11-24)34(31,32)26-14-8-3-9-15-26/h1-19H,20-21H2,(H,28,30). The molecule has 0 aliphatic heterocycles. The van der Waals surface area contributed by atoms with Crippen molar-refractivity contribution in [3.8, 4) is 0 Å². The first-order chi connectivity index (χ1) is 16.5. The van der Waals surface area contributed by atoms with E-state index in [1.54, 1.807) is 60.3 Å². The van der Waals surface area contributed by atoms with Crippen molar-refractivity contribution in [2.45, 2.75) is 15.5 Å². The van der Waals surface area contributed by atoms with Gasteiger partial charge in [0, 0.05) is 16.3 Å². The van der Waals surface area contributed by atoms with Gasteiger partial charge in [-0.2, -0.15) is 0 Å². The average molecular weight is 489 g/mol. The molecular weight excluding hydrogens is 464 g/mol. The summed E-state index contributed by atoms with van der Waals surface area (Å²) in [5.74, 6) is 0.393. The lowest BCUT2D eigenvalue weighted by Crippen LogP contribution is -2.38. The molecule has 0 atom stereocenters. The summed E-state index contributed by atoms with van der Waals surface area (Å²) in [5.41, 5.74) is 2.17. The number of para-hydroxylation sites is 1. The van der Waals surface area contributed by atoms with Gasteiger partial charge in [-0.3, -0.25) is 9.10 Å². The van der Waals surface area contributed by atoms with E-state index in [2.05, 4.69) is 17.4 Å². The fraction of sp³-hybridized carbons (Fsp3) is 0.0741. The largest absolute Gasteiger partial charge is 0.325 e. The molecule has 0 aromatic heterocycles. The SMILES string of the molecule is O=C(CN(c1ccccc1)S(=O)(=O)c1ccccc1)Nc1ccc(CSc2ccccc2)cc1. The van der Waals surface area contributed by atoms with E-state index in [9.17, 15) is 13.2 Å². The van der Waals surface area contributed by atoms with Crippen molar-refractivity contribution in [3.05, 3.63) is 121 Å². The van der Waals surface area contributed by atoms with Crippen molar-refractivity contribution >= 4 is 39.1 Å². The van der Waals surface area contributed by atoms with Crippen LogP contribution in [0.1, 0.15) is 5.56 Å². The van der Waals surface area contributed by atoms with Crippen molar-refractivity contribution in [1.29, 1.82) is 0 Å². The molecule has 1 amide bonds. The molecule has 5 nitrogen and oxygen atoms in total. The lowest BCUT2D eigenvalue weighted by molar-refractivity contribution is -0.114. The number of nitrogens with zero attached hydrogens (tertiary/aromatic N) is 1. The van der Waals surface area contributed by atoms with Gasteiger partial charge >= 0.3 is 0 Å². The minimum absolute atomic E-state index is 0.131. The molecular formula is C27H24N2O3S2. The van der Waals surface area contributed by atoms with Crippen LogP contribution in [-0.2, 0) is 20.6 Å². The Bertz CT molecular complexity index is 1310. The Labute approximate surface area is 204 Å². The zero-order chi connectivity index (χ0) is 23.8. The monoisotopic (exact) mass is 488 g/mol. The van der Waals surface area contributed by atoms with Crippen LogP contribution in [-0.4, -0.2) is 20.9 Å². The number of nitrogens with one attached hydrogen (secondary N) is 1. The van der Waals surface area contributed by atoms with Crippen LogP contribution in [0.4, 0.5) is 11.4 Å². The number of hydrogen-bond donors (Lipinski definition) is 1.